The zero-order chi connectivity index (χ0) is 20.3. The van der Waals surface area contributed by atoms with E-state index in [0.717, 1.165) is 33.8 Å². The van der Waals surface area contributed by atoms with E-state index in [0.29, 0.717) is 23.3 Å². The van der Waals surface area contributed by atoms with Crippen LogP contribution in [-0.4, -0.2) is 15.7 Å². The smallest absolute Gasteiger partial charge is 0.221 e. The highest BCUT2D eigenvalue weighted by molar-refractivity contribution is 6.30. The molecule has 0 atom stereocenters. The van der Waals surface area contributed by atoms with Crippen molar-refractivity contribution >= 4 is 40.5 Å². The fourth-order valence-electron chi connectivity index (χ4n) is 2.91. The molecule has 3 aromatic rings. The Labute approximate surface area is 174 Å². The predicted molar refractivity (Wildman–Crippen MR) is 115 cm³/mol. The molecule has 0 unspecified atom stereocenters. The number of carbonyl (C=O) groups is 1. The van der Waals surface area contributed by atoms with Crippen LogP contribution in [0.15, 0.2) is 42.5 Å². The molecule has 3 rings (SSSR count). The summed E-state index contributed by atoms with van der Waals surface area (Å²) >= 11 is 12.5. The minimum Gasteiger partial charge on any atom is -0.381 e. The molecule has 1 amide bonds. The van der Waals surface area contributed by atoms with Crippen molar-refractivity contribution in [1.82, 2.24) is 9.78 Å². The monoisotopic (exact) mass is 416 g/mol. The summed E-state index contributed by atoms with van der Waals surface area (Å²) in [6.07, 6.45) is 0. The van der Waals surface area contributed by atoms with Crippen LogP contribution in [0.3, 0.4) is 0 Å². The van der Waals surface area contributed by atoms with Crippen molar-refractivity contribution in [1.29, 1.82) is 0 Å². The van der Waals surface area contributed by atoms with E-state index in [1.54, 1.807) is 4.68 Å². The van der Waals surface area contributed by atoms with Crippen molar-refractivity contribution in [3.05, 3.63) is 75.0 Å². The standard InChI is InChI=1S/C21H22Cl2N4O/c1-13-4-9-18(10-20(13)25-15(3)28)24-11-19-14(2)26-27(21(19)23)12-16-5-7-17(22)8-6-16/h4-10,24H,11-12H2,1-3H3,(H,25,28). The molecule has 5 nitrogen and oxygen atoms in total. The predicted octanol–water partition coefficient (Wildman–Crippen LogP) is 5.43. The molecule has 1 heterocycles. The Morgan fingerprint density at radius 2 is 1.82 bits per heavy atom. The molecule has 0 fully saturated rings. The highest BCUT2D eigenvalue weighted by Crippen LogP contribution is 2.25. The van der Waals surface area contributed by atoms with Crippen molar-refractivity contribution in [3.63, 3.8) is 0 Å². The third kappa shape index (κ3) is 4.86. The SMILES string of the molecule is CC(=O)Nc1cc(NCc2c(C)nn(Cc3ccc(Cl)cc3)c2Cl)ccc1C. The third-order valence-electron chi connectivity index (χ3n) is 4.45. The van der Waals surface area contributed by atoms with Crippen molar-refractivity contribution < 1.29 is 4.79 Å². The average molecular weight is 417 g/mol. The van der Waals surface area contributed by atoms with Gasteiger partial charge in [-0.3, -0.25) is 4.79 Å². The van der Waals surface area contributed by atoms with Gasteiger partial charge in [-0.1, -0.05) is 41.4 Å². The molecule has 146 valence electrons. The Hall–Kier alpha value is -2.50. The lowest BCUT2D eigenvalue weighted by Gasteiger charge is -2.11. The number of hydrogen-bond acceptors (Lipinski definition) is 3. The van der Waals surface area contributed by atoms with Crippen molar-refractivity contribution in [2.45, 2.75) is 33.9 Å². The van der Waals surface area contributed by atoms with Gasteiger partial charge in [-0.05, 0) is 49.2 Å². The summed E-state index contributed by atoms with van der Waals surface area (Å²) in [5, 5.41) is 12.1. The van der Waals surface area contributed by atoms with Crippen molar-refractivity contribution in [2.24, 2.45) is 0 Å². The van der Waals surface area contributed by atoms with Crippen LogP contribution in [0.1, 0.15) is 29.3 Å². The molecule has 0 aliphatic rings. The summed E-state index contributed by atoms with van der Waals surface area (Å²) in [5.41, 5.74) is 5.59. The Kier molecular flexibility index (Phi) is 6.27. The molecule has 28 heavy (non-hydrogen) atoms. The molecule has 2 N–H and O–H groups in total. The number of hydrogen-bond donors (Lipinski definition) is 2. The Bertz CT molecular complexity index is 996. The Morgan fingerprint density at radius 1 is 1.11 bits per heavy atom. The summed E-state index contributed by atoms with van der Waals surface area (Å²) in [6, 6.07) is 13.5. The van der Waals surface area contributed by atoms with Crippen LogP contribution in [0.5, 0.6) is 0 Å². The number of anilines is 2. The maximum atomic E-state index is 11.3. The van der Waals surface area contributed by atoms with Crippen LogP contribution in [0.2, 0.25) is 10.2 Å². The van der Waals surface area contributed by atoms with Crippen LogP contribution in [0.25, 0.3) is 0 Å². The van der Waals surface area contributed by atoms with E-state index in [1.807, 2.05) is 56.3 Å². The zero-order valence-electron chi connectivity index (χ0n) is 16.0. The number of halogens is 2. The molecule has 2 aromatic carbocycles. The topological polar surface area (TPSA) is 59.0 Å². The van der Waals surface area contributed by atoms with Crippen LogP contribution in [-0.2, 0) is 17.9 Å². The van der Waals surface area contributed by atoms with Gasteiger partial charge in [-0.2, -0.15) is 5.10 Å². The second-order valence-electron chi connectivity index (χ2n) is 6.70. The Morgan fingerprint density at radius 3 is 2.50 bits per heavy atom. The van der Waals surface area contributed by atoms with Gasteiger partial charge in [0.25, 0.3) is 0 Å². The number of aromatic nitrogens is 2. The fraction of sp³-hybridized carbons (Fsp3) is 0.238. The van der Waals surface area contributed by atoms with E-state index in [1.165, 1.54) is 6.92 Å². The van der Waals surface area contributed by atoms with Gasteiger partial charge in [0.2, 0.25) is 5.91 Å². The summed E-state index contributed by atoms with van der Waals surface area (Å²) in [6.45, 7) is 6.51. The first-order chi connectivity index (χ1) is 13.3. The number of benzene rings is 2. The summed E-state index contributed by atoms with van der Waals surface area (Å²) in [7, 11) is 0. The van der Waals surface area contributed by atoms with E-state index in [2.05, 4.69) is 15.7 Å². The second-order valence-corrected chi connectivity index (χ2v) is 7.50. The molecular formula is C21H22Cl2N4O. The first-order valence-electron chi connectivity index (χ1n) is 8.92. The van der Waals surface area contributed by atoms with Gasteiger partial charge in [0.05, 0.1) is 12.2 Å². The number of rotatable bonds is 6. The normalized spacial score (nSPS) is 10.8. The van der Waals surface area contributed by atoms with E-state index in [9.17, 15) is 4.79 Å². The van der Waals surface area contributed by atoms with Gasteiger partial charge in [0.15, 0.2) is 0 Å². The fourth-order valence-corrected chi connectivity index (χ4v) is 3.33. The van der Waals surface area contributed by atoms with Crippen molar-refractivity contribution in [2.75, 3.05) is 10.6 Å². The lowest BCUT2D eigenvalue weighted by Crippen LogP contribution is -2.08. The second kappa shape index (κ2) is 8.67. The molecule has 0 saturated heterocycles. The summed E-state index contributed by atoms with van der Waals surface area (Å²) in [4.78, 5) is 11.3. The minimum atomic E-state index is -0.0948. The van der Waals surface area contributed by atoms with Gasteiger partial charge in [0.1, 0.15) is 5.15 Å². The largest absolute Gasteiger partial charge is 0.381 e. The number of amides is 1. The summed E-state index contributed by atoms with van der Waals surface area (Å²) in [5.74, 6) is -0.0948. The lowest BCUT2D eigenvalue weighted by molar-refractivity contribution is -0.114. The van der Waals surface area contributed by atoms with Crippen LogP contribution in [0, 0.1) is 13.8 Å². The molecule has 0 bridgehead atoms. The molecule has 0 saturated carbocycles. The van der Waals surface area contributed by atoms with Gasteiger partial charge in [0, 0.05) is 35.4 Å². The van der Waals surface area contributed by atoms with Crippen LogP contribution < -0.4 is 10.6 Å². The molecule has 7 heteroatoms. The zero-order valence-corrected chi connectivity index (χ0v) is 17.5. The maximum Gasteiger partial charge on any atom is 0.221 e. The van der Waals surface area contributed by atoms with Crippen molar-refractivity contribution in [3.8, 4) is 0 Å². The highest BCUT2D eigenvalue weighted by atomic mass is 35.5. The van der Waals surface area contributed by atoms with E-state index >= 15 is 0 Å². The van der Waals surface area contributed by atoms with Crippen LogP contribution in [0.4, 0.5) is 11.4 Å². The molecule has 0 aliphatic carbocycles. The molecule has 0 aliphatic heterocycles. The van der Waals surface area contributed by atoms with Crippen LogP contribution >= 0.6 is 23.2 Å². The number of aryl methyl sites for hydroxylation is 2. The van der Waals surface area contributed by atoms with Gasteiger partial charge >= 0.3 is 0 Å². The lowest BCUT2D eigenvalue weighted by atomic mass is 10.1. The van der Waals surface area contributed by atoms with E-state index in [4.69, 9.17) is 23.2 Å². The number of carbonyl (C=O) groups excluding carboxylic acids is 1. The highest BCUT2D eigenvalue weighted by Gasteiger charge is 2.14. The molecule has 0 radical (unpaired) electrons. The minimum absolute atomic E-state index is 0.0948. The molecular weight excluding hydrogens is 395 g/mol. The molecule has 1 aromatic heterocycles. The average Bonchev–Trinajstić information content (AvgIpc) is 2.90. The third-order valence-corrected chi connectivity index (χ3v) is 5.12. The van der Waals surface area contributed by atoms with Gasteiger partial charge < -0.3 is 10.6 Å². The first kappa shape index (κ1) is 20.2. The van der Waals surface area contributed by atoms with E-state index < -0.39 is 0 Å². The Balaban J connectivity index is 1.74. The van der Waals surface area contributed by atoms with Gasteiger partial charge in [-0.15, -0.1) is 0 Å². The quantitative estimate of drug-likeness (QED) is 0.563. The number of nitrogens with zero attached hydrogens (tertiary/aromatic N) is 2. The molecule has 0 spiro atoms. The first-order valence-corrected chi connectivity index (χ1v) is 9.67. The number of nitrogens with one attached hydrogen (secondary N) is 2. The maximum absolute atomic E-state index is 11.3. The summed E-state index contributed by atoms with van der Waals surface area (Å²) < 4.78 is 1.79. The van der Waals surface area contributed by atoms with E-state index in [-0.39, 0.29) is 5.91 Å². The van der Waals surface area contributed by atoms with Gasteiger partial charge in [-0.25, -0.2) is 4.68 Å².